The summed E-state index contributed by atoms with van der Waals surface area (Å²) < 4.78 is 0. The lowest BCUT2D eigenvalue weighted by atomic mass is 10.1. The van der Waals surface area contributed by atoms with Crippen LogP contribution in [-0.4, -0.2) is 13.6 Å². The van der Waals surface area contributed by atoms with Gasteiger partial charge < -0.3 is 10.6 Å². The van der Waals surface area contributed by atoms with Gasteiger partial charge in [0.15, 0.2) is 0 Å². The van der Waals surface area contributed by atoms with Crippen molar-refractivity contribution in [1.82, 2.24) is 0 Å². The lowest BCUT2D eigenvalue weighted by Crippen LogP contribution is -2.19. The maximum atomic E-state index is 6.38. The van der Waals surface area contributed by atoms with Gasteiger partial charge >= 0.3 is 0 Å². The Labute approximate surface area is 126 Å². The van der Waals surface area contributed by atoms with Crippen molar-refractivity contribution < 1.29 is 0 Å². The van der Waals surface area contributed by atoms with E-state index in [4.69, 9.17) is 17.3 Å². The Kier molecular flexibility index (Phi) is 5.05. The summed E-state index contributed by atoms with van der Waals surface area (Å²) in [6, 6.07) is 14.6. The first-order valence-corrected chi connectivity index (χ1v) is 7.23. The van der Waals surface area contributed by atoms with Gasteiger partial charge in [-0.2, -0.15) is 0 Å². The molecule has 0 aliphatic heterocycles. The van der Waals surface area contributed by atoms with E-state index in [1.807, 2.05) is 12.1 Å². The Morgan fingerprint density at radius 2 is 1.90 bits per heavy atom. The Hall–Kier alpha value is -1.51. The summed E-state index contributed by atoms with van der Waals surface area (Å²) in [5, 5.41) is 0.783. The molecule has 0 heterocycles. The minimum Gasteiger partial charge on any atom is -0.369 e. The molecule has 0 aromatic heterocycles. The van der Waals surface area contributed by atoms with Gasteiger partial charge in [-0.05, 0) is 37.1 Å². The van der Waals surface area contributed by atoms with Gasteiger partial charge in [-0.3, -0.25) is 0 Å². The second-order valence-electron chi connectivity index (χ2n) is 5.13. The summed E-state index contributed by atoms with van der Waals surface area (Å²) in [6.45, 7) is 3.58. The Bertz CT molecular complexity index is 581. The number of hydrogen-bond donors (Lipinski definition) is 1. The number of aryl methyl sites for hydroxylation is 1. The predicted molar refractivity (Wildman–Crippen MR) is 87.5 cm³/mol. The zero-order valence-electron chi connectivity index (χ0n) is 12.1. The molecule has 2 nitrogen and oxygen atoms in total. The normalized spacial score (nSPS) is 10.6. The molecule has 0 saturated heterocycles. The fourth-order valence-corrected chi connectivity index (χ4v) is 2.85. The SMILES string of the molecule is Cc1cccc(CN(C)c2c(Cl)cccc2CCN)c1. The molecule has 0 radical (unpaired) electrons. The van der Waals surface area contributed by atoms with Crippen LogP contribution >= 0.6 is 11.6 Å². The van der Waals surface area contributed by atoms with Crippen molar-refractivity contribution in [3.63, 3.8) is 0 Å². The maximum Gasteiger partial charge on any atom is 0.0642 e. The molecule has 2 N–H and O–H groups in total. The predicted octanol–water partition coefficient (Wildman–Crippen LogP) is 3.79. The molecule has 20 heavy (non-hydrogen) atoms. The monoisotopic (exact) mass is 288 g/mol. The lowest BCUT2D eigenvalue weighted by molar-refractivity contribution is 0.892. The molecule has 0 atom stereocenters. The third-order valence-corrected chi connectivity index (χ3v) is 3.67. The van der Waals surface area contributed by atoms with Crippen LogP contribution < -0.4 is 10.6 Å². The van der Waals surface area contributed by atoms with Gasteiger partial charge in [0.1, 0.15) is 0 Å². The molecule has 0 spiro atoms. The minimum absolute atomic E-state index is 0.631. The van der Waals surface area contributed by atoms with Crippen LogP contribution in [0.3, 0.4) is 0 Å². The summed E-state index contributed by atoms with van der Waals surface area (Å²) in [7, 11) is 2.07. The van der Waals surface area contributed by atoms with E-state index in [0.717, 1.165) is 23.7 Å². The van der Waals surface area contributed by atoms with Gasteiger partial charge in [-0.15, -0.1) is 0 Å². The van der Waals surface area contributed by atoms with E-state index in [9.17, 15) is 0 Å². The molecular weight excluding hydrogens is 268 g/mol. The highest BCUT2D eigenvalue weighted by atomic mass is 35.5. The summed E-state index contributed by atoms with van der Waals surface area (Å²) in [5.41, 5.74) is 10.5. The fourth-order valence-electron chi connectivity index (χ4n) is 2.51. The maximum absolute atomic E-state index is 6.38. The first kappa shape index (κ1) is 14.9. The lowest BCUT2D eigenvalue weighted by Gasteiger charge is -2.24. The zero-order chi connectivity index (χ0) is 14.5. The number of hydrogen-bond acceptors (Lipinski definition) is 2. The van der Waals surface area contributed by atoms with Crippen LogP contribution in [0.5, 0.6) is 0 Å². The molecule has 3 heteroatoms. The molecule has 0 amide bonds. The average Bonchev–Trinajstić information content (AvgIpc) is 2.39. The highest BCUT2D eigenvalue weighted by Crippen LogP contribution is 2.30. The summed E-state index contributed by atoms with van der Waals surface area (Å²) in [6.07, 6.45) is 0.841. The van der Waals surface area contributed by atoms with Crippen molar-refractivity contribution in [2.75, 3.05) is 18.5 Å². The highest BCUT2D eigenvalue weighted by Gasteiger charge is 2.11. The fraction of sp³-hybridized carbons (Fsp3) is 0.294. The van der Waals surface area contributed by atoms with Gasteiger partial charge in [-0.25, -0.2) is 0 Å². The third-order valence-electron chi connectivity index (χ3n) is 3.37. The van der Waals surface area contributed by atoms with Crippen LogP contribution in [0, 0.1) is 6.92 Å². The quantitative estimate of drug-likeness (QED) is 0.907. The van der Waals surface area contributed by atoms with E-state index in [2.05, 4.69) is 49.2 Å². The summed E-state index contributed by atoms with van der Waals surface area (Å²) >= 11 is 6.38. The van der Waals surface area contributed by atoms with Gasteiger partial charge in [0.25, 0.3) is 0 Å². The number of nitrogens with two attached hydrogens (primary N) is 1. The number of para-hydroxylation sites is 1. The van der Waals surface area contributed by atoms with Crippen molar-refractivity contribution in [2.24, 2.45) is 5.73 Å². The topological polar surface area (TPSA) is 29.3 Å². The van der Waals surface area contributed by atoms with Gasteiger partial charge in [-0.1, -0.05) is 53.6 Å². The first-order valence-electron chi connectivity index (χ1n) is 6.86. The molecule has 106 valence electrons. The summed E-state index contributed by atoms with van der Waals surface area (Å²) in [5.74, 6) is 0. The van der Waals surface area contributed by atoms with E-state index >= 15 is 0 Å². The van der Waals surface area contributed by atoms with Crippen LogP contribution in [0.4, 0.5) is 5.69 Å². The highest BCUT2D eigenvalue weighted by molar-refractivity contribution is 6.33. The minimum atomic E-state index is 0.631. The van der Waals surface area contributed by atoms with Gasteiger partial charge in [0.05, 0.1) is 10.7 Å². The van der Waals surface area contributed by atoms with Crippen LogP contribution in [0.15, 0.2) is 42.5 Å². The van der Waals surface area contributed by atoms with Crippen LogP contribution in [0.2, 0.25) is 5.02 Å². The van der Waals surface area contributed by atoms with Crippen LogP contribution in [0.25, 0.3) is 0 Å². The number of anilines is 1. The van der Waals surface area contributed by atoms with Crippen molar-refractivity contribution in [3.8, 4) is 0 Å². The number of rotatable bonds is 5. The molecule has 2 aromatic carbocycles. The van der Waals surface area contributed by atoms with Crippen LogP contribution in [0.1, 0.15) is 16.7 Å². The van der Waals surface area contributed by atoms with Crippen molar-refractivity contribution in [3.05, 3.63) is 64.2 Å². The molecule has 0 fully saturated rings. The molecule has 2 aromatic rings. The van der Waals surface area contributed by atoms with Gasteiger partial charge in [0, 0.05) is 13.6 Å². The summed E-state index contributed by atoms with van der Waals surface area (Å²) in [4.78, 5) is 2.20. The van der Waals surface area contributed by atoms with E-state index in [1.165, 1.54) is 16.7 Å². The average molecular weight is 289 g/mol. The second-order valence-corrected chi connectivity index (χ2v) is 5.54. The molecule has 0 aliphatic rings. The van der Waals surface area contributed by atoms with E-state index < -0.39 is 0 Å². The molecule has 0 unspecified atom stereocenters. The zero-order valence-corrected chi connectivity index (χ0v) is 12.8. The number of nitrogens with zero attached hydrogens (tertiary/aromatic N) is 1. The molecular formula is C17H21ClN2. The first-order chi connectivity index (χ1) is 9.61. The Morgan fingerprint density at radius 1 is 1.15 bits per heavy atom. The molecule has 0 saturated carbocycles. The Balaban J connectivity index is 2.26. The van der Waals surface area contributed by atoms with Gasteiger partial charge in [0.2, 0.25) is 0 Å². The third kappa shape index (κ3) is 3.53. The van der Waals surface area contributed by atoms with E-state index in [0.29, 0.717) is 6.54 Å². The standard InChI is InChI=1S/C17H21ClN2/c1-13-5-3-6-14(11-13)12-20(2)17-15(9-10-19)7-4-8-16(17)18/h3-8,11H,9-10,12,19H2,1-2H3. The van der Waals surface area contributed by atoms with E-state index in [1.54, 1.807) is 0 Å². The largest absolute Gasteiger partial charge is 0.369 e. The number of halogens is 1. The van der Waals surface area contributed by atoms with Crippen molar-refractivity contribution in [2.45, 2.75) is 19.9 Å². The smallest absolute Gasteiger partial charge is 0.0642 e. The molecule has 0 aliphatic carbocycles. The van der Waals surface area contributed by atoms with Crippen molar-refractivity contribution >= 4 is 17.3 Å². The van der Waals surface area contributed by atoms with E-state index in [-0.39, 0.29) is 0 Å². The Morgan fingerprint density at radius 3 is 2.60 bits per heavy atom. The molecule has 2 rings (SSSR count). The second kappa shape index (κ2) is 6.78. The van der Waals surface area contributed by atoms with Crippen molar-refractivity contribution in [1.29, 1.82) is 0 Å². The molecule has 0 bridgehead atoms. The number of benzene rings is 2. The van der Waals surface area contributed by atoms with Crippen LogP contribution in [-0.2, 0) is 13.0 Å².